The van der Waals surface area contributed by atoms with Crippen molar-refractivity contribution < 1.29 is 14.3 Å². The third-order valence-electron chi connectivity index (χ3n) is 3.36. The number of amides is 1. The predicted octanol–water partition coefficient (Wildman–Crippen LogP) is 2.81. The Hall–Kier alpha value is -2.20. The largest absolute Gasteiger partial charge is 0.392 e. The van der Waals surface area contributed by atoms with E-state index in [2.05, 4.69) is 12.2 Å². The van der Waals surface area contributed by atoms with Gasteiger partial charge in [-0.3, -0.25) is 4.79 Å². The third kappa shape index (κ3) is 3.89. The van der Waals surface area contributed by atoms with Gasteiger partial charge >= 0.3 is 0 Å². The van der Waals surface area contributed by atoms with Crippen LogP contribution >= 0.6 is 0 Å². The van der Waals surface area contributed by atoms with Crippen LogP contribution in [-0.2, 0) is 19.6 Å². The molecule has 0 radical (unpaired) electrons. The molecule has 0 saturated heterocycles. The fourth-order valence-electron chi connectivity index (χ4n) is 2.04. The number of rotatable bonds is 5. The maximum absolute atomic E-state index is 13.3. The van der Waals surface area contributed by atoms with Crippen molar-refractivity contribution in [2.75, 3.05) is 0 Å². The van der Waals surface area contributed by atoms with Gasteiger partial charge in [0.25, 0.3) is 5.91 Å². The zero-order chi connectivity index (χ0) is 15.2. The van der Waals surface area contributed by atoms with Gasteiger partial charge in [-0.05, 0) is 41.8 Å². The number of carbonyl (C=O) groups excluding carboxylic acids is 1. The van der Waals surface area contributed by atoms with Crippen molar-refractivity contribution in [3.63, 3.8) is 0 Å². The van der Waals surface area contributed by atoms with E-state index in [1.165, 1.54) is 11.6 Å². The highest BCUT2D eigenvalue weighted by Gasteiger charge is 2.07. The normalized spacial score (nSPS) is 10.4. The Balaban J connectivity index is 2.00. The molecule has 0 heterocycles. The monoisotopic (exact) mass is 287 g/mol. The van der Waals surface area contributed by atoms with Crippen molar-refractivity contribution in [2.45, 2.75) is 26.5 Å². The first-order chi connectivity index (χ1) is 10.1. The quantitative estimate of drug-likeness (QED) is 0.888. The molecular weight excluding hydrogens is 269 g/mol. The molecule has 2 aromatic carbocycles. The number of aliphatic hydroxyl groups excluding tert-OH is 1. The Morgan fingerprint density at radius 1 is 1.14 bits per heavy atom. The molecule has 2 rings (SSSR count). The molecule has 0 unspecified atom stereocenters. The lowest BCUT2D eigenvalue weighted by Gasteiger charge is -2.08. The minimum absolute atomic E-state index is 0.174. The van der Waals surface area contributed by atoms with Gasteiger partial charge in [0.15, 0.2) is 0 Å². The van der Waals surface area contributed by atoms with Gasteiger partial charge in [0.2, 0.25) is 0 Å². The standard InChI is InChI=1S/C17H18FNO2/c1-2-12-3-6-14(7-4-12)17(21)19-10-13-5-8-16(18)15(9-13)11-20/h3-9,20H,2,10-11H2,1H3,(H,19,21). The van der Waals surface area contributed by atoms with Gasteiger partial charge in [0.05, 0.1) is 6.61 Å². The van der Waals surface area contributed by atoms with Crippen LogP contribution in [0.5, 0.6) is 0 Å². The van der Waals surface area contributed by atoms with Crippen LogP contribution in [0.3, 0.4) is 0 Å². The van der Waals surface area contributed by atoms with Crippen LogP contribution in [0.15, 0.2) is 42.5 Å². The Morgan fingerprint density at radius 2 is 1.81 bits per heavy atom. The molecule has 3 nitrogen and oxygen atoms in total. The van der Waals surface area contributed by atoms with E-state index in [0.29, 0.717) is 12.1 Å². The van der Waals surface area contributed by atoms with Crippen LogP contribution in [0, 0.1) is 5.82 Å². The highest BCUT2D eigenvalue weighted by Crippen LogP contribution is 2.11. The van der Waals surface area contributed by atoms with Gasteiger partial charge in [-0.15, -0.1) is 0 Å². The average molecular weight is 287 g/mol. The van der Waals surface area contributed by atoms with E-state index in [4.69, 9.17) is 5.11 Å². The summed E-state index contributed by atoms with van der Waals surface area (Å²) in [6, 6.07) is 11.9. The van der Waals surface area contributed by atoms with Crippen molar-refractivity contribution in [3.05, 3.63) is 70.5 Å². The smallest absolute Gasteiger partial charge is 0.251 e. The highest BCUT2D eigenvalue weighted by molar-refractivity contribution is 5.94. The molecule has 0 aliphatic carbocycles. The molecule has 0 bridgehead atoms. The molecular formula is C17H18FNO2. The number of benzene rings is 2. The number of hydrogen-bond donors (Lipinski definition) is 2. The summed E-state index contributed by atoms with van der Waals surface area (Å²) in [4.78, 5) is 12.0. The SMILES string of the molecule is CCc1ccc(C(=O)NCc2ccc(F)c(CO)c2)cc1. The second-order valence-electron chi connectivity index (χ2n) is 4.82. The van der Waals surface area contributed by atoms with Crippen LogP contribution in [0.1, 0.15) is 34.0 Å². The molecule has 21 heavy (non-hydrogen) atoms. The molecule has 0 aromatic heterocycles. The van der Waals surface area contributed by atoms with E-state index in [0.717, 1.165) is 12.0 Å². The van der Waals surface area contributed by atoms with Crippen molar-refractivity contribution in [2.24, 2.45) is 0 Å². The number of nitrogens with one attached hydrogen (secondary N) is 1. The van der Waals surface area contributed by atoms with Gasteiger partial charge in [0.1, 0.15) is 5.82 Å². The summed E-state index contributed by atoms with van der Waals surface area (Å²) < 4.78 is 13.3. The van der Waals surface area contributed by atoms with Gasteiger partial charge < -0.3 is 10.4 Å². The summed E-state index contributed by atoms with van der Waals surface area (Å²) in [6.07, 6.45) is 0.932. The van der Waals surface area contributed by atoms with Crippen LogP contribution < -0.4 is 5.32 Å². The molecule has 0 aliphatic rings. The van der Waals surface area contributed by atoms with Crippen molar-refractivity contribution in [1.82, 2.24) is 5.32 Å². The summed E-state index contributed by atoms with van der Waals surface area (Å²) in [5.74, 6) is -0.616. The molecule has 2 aromatic rings. The summed E-state index contributed by atoms with van der Waals surface area (Å²) in [5.41, 5.74) is 2.75. The summed E-state index contributed by atoms with van der Waals surface area (Å²) in [6.45, 7) is 2.00. The fraction of sp³-hybridized carbons (Fsp3) is 0.235. The summed E-state index contributed by atoms with van der Waals surface area (Å²) in [5, 5.41) is 11.8. The van der Waals surface area contributed by atoms with E-state index < -0.39 is 5.82 Å². The molecule has 4 heteroatoms. The van der Waals surface area contributed by atoms with Crippen molar-refractivity contribution in [3.8, 4) is 0 Å². The molecule has 0 aliphatic heterocycles. The lowest BCUT2D eigenvalue weighted by molar-refractivity contribution is 0.0951. The van der Waals surface area contributed by atoms with Gasteiger partial charge in [-0.25, -0.2) is 4.39 Å². The topological polar surface area (TPSA) is 49.3 Å². The molecule has 2 N–H and O–H groups in total. The fourth-order valence-corrected chi connectivity index (χ4v) is 2.04. The maximum atomic E-state index is 13.3. The first-order valence-electron chi connectivity index (χ1n) is 6.89. The van der Waals surface area contributed by atoms with Gasteiger partial charge in [-0.1, -0.05) is 25.1 Å². The van der Waals surface area contributed by atoms with E-state index >= 15 is 0 Å². The molecule has 1 amide bonds. The lowest BCUT2D eigenvalue weighted by Crippen LogP contribution is -2.22. The Morgan fingerprint density at radius 3 is 2.43 bits per heavy atom. The van der Waals surface area contributed by atoms with Crippen LogP contribution in [0.2, 0.25) is 0 Å². The number of aliphatic hydroxyl groups is 1. The number of hydrogen-bond acceptors (Lipinski definition) is 2. The van der Waals surface area contributed by atoms with Crippen LogP contribution in [0.25, 0.3) is 0 Å². The highest BCUT2D eigenvalue weighted by atomic mass is 19.1. The molecule has 0 spiro atoms. The average Bonchev–Trinajstić information content (AvgIpc) is 2.53. The minimum Gasteiger partial charge on any atom is -0.392 e. The Kier molecular flexibility index (Phi) is 5.06. The molecule has 0 saturated carbocycles. The van der Waals surface area contributed by atoms with E-state index in [1.54, 1.807) is 24.3 Å². The van der Waals surface area contributed by atoms with E-state index in [1.807, 2.05) is 12.1 Å². The second kappa shape index (κ2) is 6.99. The van der Waals surface area contributed by atoms with Gasteiger partial charge in [0, 0.05) is 17.7 Å². The predicted molar refractivity (Wildman–Crippen MR) is 79.3 cm³/mol. The van der Waals surface area contributed by atoms with Gasteiger partial charge in [-0.2, -0.15) is 0 Å². The van der Waals surface area contributed by atoms with E-state index in [-0.39, 0.29) is 18.1 Å². The van der Waals surface area contributed by atoms with E-state index in [9.17, 15) is 9.18 Å². The number of aryl methyl sites for hydroxylation is 1. The van der Waals surface area contributed by atoms with Crippen LogP contribution in [-0.4, -0.2) is 11.0 Å². The third-order valence-corrected chi connectivity index (χ3v) is 3.36. The molecule has 0 fully saturated rings. The zero-order valence-corrected chi connectivity index (χ0v) is 11.9. The first-order valence-corrected chi connectivity index (χ1v) is 6.89. The summed E-state index contributed by atoms with van der Waals surface area (Å²) in [7, 11) is 0. The van der Waals surface area contributed by atoms with Crippen molar-refractivity contribution >= 4 is 5.91 Å². The Bertz CT molecular complexity index is 623. The number of carbonyl (C=O) groups is 1. The van der Waals surface area contributed by atoms with Crippen molar-refractivity contribution in [1.29, 1.82) is 0 Å². The van der Waals surface area contributed by atoms with Crippen LogP contribution in [0.4, 0.5) is 4.39 Å². The summed E-state index contributed by atoms with van der Waals surface area (Å²) >= 11 is 0. The second-order valence-corrected chi connectivity index (χ2v) is 4.82. The Labute approximate surface area is 123 Å². The lowest BCUT2D eigenvalue weighted by atomic mass is 10.1. The first kappa shape index (κ1) is 15.2. The molecule has 0 atom stereocenters. The minimum atomic E-state index is -0.442. The zero-order valence-electron chi connectivity index (χ0n) is 11.9. The molecule has 110 valence electrons. The maximum Gasteiger partial charge on any atom is 0.251 e. The number of halogens is 1.